The average Bonchev–Trinajstić information content (AvgIpc) is 3.03. The van der Waals surface area contributed by atoms with Crippen LogP contribution >= 0.6 is 0 Å². The van der Waals surface area contributed by atoms with E-state index >= 15 is 0 Å². The summed E-state index contributed by atoms with van der Waals surface area (Å²) in [5, 5.41) is 0. The van der Waals surface area contributed by atoms with Gasteiger partial charge in [-0.25, -0.2) is 12.8 Å². The van der Waals surface area contributed by atoms with Crippen LogP contribution in [0.3, 0.4) is 0 Å². The van der Waals surface area contributed by atoms with Gasteiger partial charge in [0.15, 0.2) is 9.84 Å². The van der Waals surface area contributed by atoms with Gasteiger partial charge in [0.25, 0.3) is 0 Å². The molecule has 2 N–H and O–H groups in total. The second-order valence-corrected chi connectivity index (χ2v) is 8.17. The van der Waals surface area contributed by atoms with Crippen LogP contribution in [0.2, 0.25) is 0 Å². The maximum Gasteiger partial charge on any atom is 0.181 e. The number of nitrogens with two attached hydrogens (primary N) is 1. The third-order valence-electron chi connectivity index (χ3n) is 4.59. The number of ether oxygens (including phenoxy) is 1. The number of sulfone groups is 1. The monoisotopic (exact) mass is 313 g/mol. The Labute approximate surface area is 124 Å². The molecular formula is C15H20FNO3S. The van der Waals surface area contributed by atoms with E-state index in [0.29, 0.717) is 0 Å². The number of hydrogen-bond acceptors (Lipinski definition) is 4. The number of hydrogen-bond donors (Lipinski definition) is 1. The molecule has 1 aromatic carbocycles. The zero-order chi connectivity index (χ0) is 15.1. The molecular weight excluding hydrogens is 293 g/mol. The summed E-state index contributed by atoms with van der Waals surface area (Å²) in [6.07, 6.45) is 5.78. The van der Waals surface area contributed by atoms with E-state index in [1.54, 1.807) is 0 Å². The Morgan fingerprint density at radius 2 is 2.00 bits per heavy atom. The zero-order valence-corrected chi connectivity index (χ0v) is 12.7. The smallest absolute Gasteiger partial charge is 0.181 e. The predicted molar refractivity (Wildman–Crippen MR) is 78.2 cm³/mol. The molecule has 1 aromatic rings. The van der Waals surface area contributed by atoms with Crippen molar-refractivity contribution < 1.29 is 17.5 Å². The first-order valence-corrected chi connectivity index (χ1v) is 9.01. The minimum absolute atomic E-state index is 0.0230. The van der Waals surface area contributed by atoms with Crippen molar-refractivity contribution in [2.75, 3.05) is 11.5 Å². The molecule has 3 rings (SSSR count). The second-order valence-electron chi connectivity index (χ2n) is 6.13. The first-order chi connectivity index (χ1) is 9.90. The van der Waals surface area contributed by atoms with E-state index in [2.05, 4.69) is 0 Å². The lowest BCUT2D eigenvalue weighted by atomic mass is 9.98. The fraction of sp³-hybridized carbons (Fsp3) is 0.600. The highest BCUT2D eigenvalue weighted by molar-refractivity contribution is 7.91. The van der Waals surface area contributed by atoms with Crippen molar-refractivity contribution in [2.45, 2.75) is 55.1 Å². The third-order valence-corrected chi connectivity index (χ3v) is 6.37. The van der Waals surface area contributed by atoms with E-state index in [4.69, 9.17) is 10.5 Å². The van der Waals surface area contributed by atoms with Crippen molar-refractivity contribution in [3.63, 3.8) is 0 Å². The van der Waals surface area contributed by atoms with E-state index < -0.39 is 15.7 Å². The Balaban J connectivity index is 1.73. The molecule has 1 atom stereocenters. The SMILES string of the molecule is Nc1ccc(S(=O)(=O)CC2CCC3(CCCC3)O2)cc1F. The van der Waals surface area contributed by atoms with Crippen LogP contribution < -0.4 is 5.73 Å². The molecule has 1 unspecified atom stereocenters. The number of nitrogen functional groups attached to an aromatic ring is 1. The summed E-state index contributed by atoms with van der Waals surface area (Å²) in [4.78, 5) is -0.0230. The largest absolute Gasteiger partial charge is 0.396 e. The van der Waals surface area contributed by atoms with Gasteiger partial charge in [-0.1, -0.05) is 12.8 Å². The van der Waals surface area contributed by atoms with Crippen LogP contribution in [0.1, 0.15) is 38.5 Å². The molecule has 1 saturated carbocycles. The molecule has 116 valence electrons. The molecule has 1 aliphatic carbocycles. The Morgan fingerprint density at radius 1 is 1.29 bits per heavy atom. The molecule has 0 amide bonds. The van der Waals surface area contributed by atoms with E-state index in [1.165, 1.54) is 12.1 Å². The third kappa shape index (κ3) is 2.92. The van der Waals surface area contributed by atoms with Gasteiger partial charge in [-0.2, -0.15) is 0 Å². The van der Waals surface area contributed by atoms with Crippen LogP contribution in [-0.4, -0.2) is 25.9 Å². The van der Waals surface area contributed by atoms with Crippen molar-refractivity contribution in [1.82, 2.24) is 0 Å². The standard InChI is InChI=1S/C15H20FNO3S/c16-13-9-12(3-4-14(13)17)21(18,19)10-11-5-8-15(20-11)6-1-2-7-15/h3-4,9,11H,1-2,5-8,10,17H2. The number of halogens is 1. The maximum absolute atomic E-state index is 13.4. The van der Waals surface area contributed by atoms with Crippen molar-refractivity contribution in [2.24, 2.45) is 0 Å². The normalized spacial score (nSPS) is 24.7. The van der Waals surface area contributed by atoms with Gasteiger partial charge in [0.2, 0.25) is 0 Å². The van der Waals surface area contributed by atoms with E-state index in [0.717, 1.165) is 44.6 Å². The summed E-state index contributed by atoms with van der Waals surface area (Å²) >= 11 is 0. The molecule has 1 heterocycles. The summed E-state index contributed by atoms with van der Waals surface area (Å²) < 4.78 is 44.2. The molecule has 21 heavy (non-hydrogen) atoms. The van der Waals surface area contributed by atoms with E-state index in [1.807, 2.05) is 0 Å². The van der Waals surface area contributed by atoms with Crippen LogP contribution in [0, 0.1) is 5.82 Å². The molecule has 1 saturated heterocycles. The first-order valence-electron chi connectivity index (χ1n) is 7.36. The maximum atomic E-state index is 13.4. The Kier molecular flexibility index (Phi) is 3.69. The Hall–Kier alpha value is -1.14. The van der Waals surface area contributed by atoms with Crippen molar-refractivity contribution in [3.05, 3.63) is 24.0 Å². The molecule has 6 heteroatoms. The van der Waals surface area contributed by atoms with Gasteiger partial charge >= 0.3 is 0 Å². The highest BCUT2D eigenvalue weighted by Gasteiger charge is 2.43. The van der Waals surface area contributed by atoms with E-state index in [9.17, 15) is 12.8 Å². The number of anilines is 1. The van der Waals surface area contributed by atoms with Gasteiger partial charge in [0, 0.05) is 0 Å². The quantitative estimate of drug-likeness (QED) is 0.871. The lowest BCUT2D eigenvalue weighted by Gasteiger charge is -2.23. The van der Waals surface area contributed by atoms with Crippen LogP contribution in [-0.2, 0) is 14.6 Å². The Morgan fingerprint density at radius 3 is 2.67 bits per heavy atom. The van der Waals surface area contributed by atoms with Crippen molar-refractivity contribution in [3.8, 4) is 0 Å². The van der Waals surface area contributed by atoms with E-state index in [-0.39, 0.29) is 28.0 Å². The first kappa shape index (κ1) is 14.8. The Bertz CT molecular complexity index is 638. The van der Waals surface area contributed by atoms with Crippen LogP contribution in [0.5, 0.6) is 0 Å². The topological polar surface area (TPSA) is 69.4 Å². The number of rotatable bonds is 3. The van der Waals surface area contributed by atoms with Crippen LogP contribution in [0.25, 0.3) is 0 Å². The molecule has 0 bridgehead atoms. The summed E-state index contributed by atoms with van der Waals surface area (Å²) in [6.45, 7) is 0. The fourth-order valence-corrected chi connectivity index (χ4v) is 4.92. The number of benzene rings is 1. The lowest BCUT2D eigenvalue weighted by Crippen LogP contribution is -2.28. The van der Waals surface area contributed by atoms with Crippen molar-refractivity contribution >= 4 is 15.5 Å². The van der Waals surface area contributed by atoms with Gasteiger partial charge in [-0.3, -0.25) is 0 Å². The summed E-state index contributed by atoms with van der Waals surface area (Å²) in [5.74, 6) is -0.784. The average molecular weight is 313 g/mol. The van der Waals surface area contributed by atoms with Gasteiger partial charge in [-0.15, -0.1) is 0 Å². The lowest BCUT2D eigenvalue weighted by molar-refractivity contribution is -0.0273. The molecule has 1 spiro atoms. The van der Waals surface area contributed by atoms with Crippen LogP contribution in [0.15, 0.2) is 23.1 Å². The molecule has 0 radical (unpaired) electrons. The molecule has 4 nitrogen and oxygen atoms in total. The predicted octanol–water partition coefficient (Wildman–Crippen LogP) is 2.67. The molecule has 2 fully saturated rings. The van der Waals surface area contributed by atoms with Crippen LogP contribution in [0.4, 0.5) is 10.1 Å². The summed E-state index contributed by atoms with van der Waals surface area (Å²) in [7, 11) is -3.55. The van der Waals surface area contributed by atoms with Gasteiger partial charge in [0.1, 0.15) is 5.82 Å². The van der Waals surface area contributed by atoms with Gasteiger partial charge in [0.05, 0.1) is 28.0 Å². The highest BCUT2D eigenvalue weighted by Crippen LogP contribution is 2.43. The minimum Gasteiger partial charge on any atom is -0.396 e. The van der Waals surface area contributed by atoms with Gasteiger partial charge < -0.3 is 10.5 Å². The molecule has 0 aromatic heterocycles. The summed E-state index contributed by atoms with van der Waals surface area (Å²) in [6, 6.07) is 3.63. The molecule has 2 aliphatic rings. The highest BCUT2D eigenvalue weighted by atomic mass is 32.2. The summed E-state index contributed by atoms with van der Waals surface area (Å²) in [5.41, 5.74) is 5.24. The molecule has 1 aliphatic heterocycles. The van der Waals surface area contributed by atoms with Gasteiger partial charge in [-0.05, 0) is 43.9 Å². The minimum atomic E-state index is -3.55. The zero-order valence-electron chi connectivity index (χ0n) is 11.8. The fourth-order valence-electron chi connectivity index (χ4n) is 3.44. The second kappa shape index (κ2) is 5.25. The van der Waals surface area contributed by atoms with Crippen molar-refractivity contribution in [1.29, 1.82) is 0 Å².